The second kappa shape index (κ2) is 10.3. The van der Waals surface area contributed by atoms with E-state index in [0.717, 1.165) is 32.1 Å². The van der Waals surface area contributed by atoms with Gasteiger partial charge in [0.1, 0.15) is 17.7 Å². The molecule has 1 saturated carbocycles. The molecule has 33 heavy (non-hydrogen) atoms. The van der Waals surface area contributed by atoms with Gasteiger partial charge in [-0.15, -0.1) is 0 Å². The van der Waals surface area contributed by atoms with Gasteiger partial charge < -0.3 is 20.1 Å². The summed E-state index contributed by atoms with van der Waals surface area (Å²) < 4.78 is 10.5. The molecule has 2 N–H and O–H groups in total. The van der Waals surface area contributed by atoms with Crippen molar-refractivity contribution in [1.29, 1.82) is 0 Å². The third-order valence-electron chi connectivity index (χ3n) is 7.08. The monoisotopic (exact) mass is 465 g/mol. The fourth-order valence-corrected chi connectivity index (χ4v) is 5.44. The first-order chi connectivity index (χ1) is 15.5. The molecule has 0 bridgehead atoms. The number of nitrogens with zero attached hydrogens (tertiary/aromatic N) is 1. The van der Waals surface area contributed by atoms with Gasteiger partial charge in [0.15, 0.2) is 0 Å². The van der Waals surface area contributed by atoms with Crippen LogP contribution in [0.15, 0.2) is 0 Å². The smallest absolute Gasteiger partial charge is 0.410 e. The van der Waals surface area contributed by atoms with Crippen molar-refractivity contribution in [2.45, 2.75) is 96.2 Å². The van der Waals surface area contributed by atoms with Crippen LogP contribution in [0.1, 0.15) is 78.6 Å². The summed E-state index contributed by atoms with van der Waals surface area (Å²) in [6.45, 7) is 6.51. The number of carbonyl (C=O) groups excluding carboxylic acids is 4. The van der Waals surface area contributed by atoms with Crippen LogP contribution in [0.25, 0.3) is 0 Å². The van der Waals surface area contributed by atoms with E-state index in [2.05, 4.69) is 10.6 Å². The van der Waals surface area contributed by atoms with Gasteiger partial charge in [-0.05, 0) is 64.7 Å². The number of carbonyl (C=O) groups is 4. The van der Waals surface area contributed by atoms with Crippen LogP contribution in [0.3, 0.4) is 0 Å². The van der Waals surface area contributed by atoms with Crippen LogP contribution < -0.4 is 10.6 Å². The zero-order valence-corrected chi connectivity index (χ0v) is 20.4. The van der Waals surface area contributed by atoms with Gasteiger partial charge in [0.05, 0.1) is 7.11 Å². The van der Waals surface area contributed by atoms with Gasteiger partial charge in [-0.1, -0.05) is 19.3 Å². The molecule has 1 aliphatic carbocycles. The van der Waals surface area contributed by atoms with E-state index in [4.69, 9.17) is 9.47 Å². The van der Waals surface area contributed by atoms with E-state index in [9.17, 15) is 19.2 Å². The number of likely N-dealkylation sites (tertiary alicyclic amines) is 1. The summed E-state index contributed by atoms with van der Waals surface area (Å²) >= 11 is 0. The zero-order chi connectivity index (χ0) is 24.2. The van der Waals surface area contributed by atoms with E-state index < -0.39 is 35.7 Å². The number of hydrogen-bond donors (Lipinski definition) is 2. The van der Waals surface area contributed by atoms with Crippen molar-refractivity contribution in [1.82, 2.24) is 15.5 Å². The SMILES string of the molecule is COC(=O)[C@H](C[C@@H]1CCCNC1=O)NC(=O)[C@@H]1CC2(CCCCC2)CN1C(=O)OC(C)(C)C. The maximum Gasteiger partial charge on any atom is 0.410 e. The van der Waals surface area contributed by atoms with E-state index in [0.29, 0.717) is 25.9 Å². The predicted octanol–water partition coefficient (Wildman–Crippen LogP) is 2.52. The Bertz CT molecular complexity index is 756. The molecule has 9 nitrogen and oxygen atoms in total. The molecule has 3 rings (SSSR count). The van der Waals surface area contributed by atoms with E-state index >= 15 is 0 Å². The van der Waals surface area contributed by atoms with Gasteiger partial charge in [0.2, 0.25) is 11.8 Å². The molecule has 1 spiro atoms. The van der Waals surface area contributed by atoms with Gasteiger partial charge in [0, 0.05) is 19.0 Å². The highest BCUT2D eigenvalue weighted by molar-refractivity contribution is 5.90. The number of methoxy groups -OCH3 is 1. The Morgan fingerprint density at radius 2 is 1.88 bits per heavy atom. The minimum Gasteiger partial charge on any atom is -0.467 e. The van der Waals surface area contributed by atoms with E-state index in [-0.39, 0.29) is 23.7 Å². The standard InChI is InChI=1S/C24H39N3O6/c1-23(2,3)33-22(31)27-15-24(10-6-5-7-11-24)14-18(27)20(29)26-17(21(30)32-4)13-16-9-8-12-25-19(16)28/h16-18H,5-15H2,1-4H3,(H,25,28)(H,26,29)/t16-,17-,18-/m0/s1. The van der Waals surface area contributed by atoms with Crippen molar-refractivity contribution < 1.29 is 28.7 Å². The highest BCUT2D eigenvalue weighted by Gasteiger charge is 2.50. The maximum atomic E-state index is 13.4. The minimum atomic E-state index is -0.945. The van der Waals surface area contributed by atoms with Crippen molar-refractivity contribution in [2.24, 2.45) is 11.3 Å². The Hall–Kier alpha value is -2.32. The molecule has 3 amide bonds. The molecule has 3 atom stereocenters. The lowest BCUT2D eigenvalue weighted by molar-refractivity contribution is -0.146. The van der Waals surface area contributed by atoms with Crippen LogP contribution in [0.4, 0.5) is 4.79 Å². The molecule has 2 saturated heterocycles. The van der Waals surface area contributed by atoms with Crippen LogP contribution in [-0.2, 0) is 23.9 Å². The predicted molar refractivity (Wildman–Crippen MR) is 121 cm³/mol. The van der Waals surface area contributed by atoms with Crippen LogP contribution in [0, 0.1) is 11.3 Å². The second-order valence-corrected chi connectivity index (χ2v) is 10.8. The number of nitrogens with one attached hydrogen (secondary N) is 2. The molecule has 0 aromatic rings. The normalized spacial score (nSPS) is 25.8. The first-order valence-corrected chi connectivity index (χ1v) is 12.2. The van der Waals surface area contributed by atoms with Crippen LogP contribution in [-0.4, -0.2) is 66.7 Å². The summed E-state index contributed by atoms with van der Waals surface area (Å²) in [7, 11) is 1.27. The Morgan fingerprint density at radius 1 is 1.18 bits per heavy atom. The van der Waals surface area contributed by atoms with E-state index in [1.54, 1.807) is 20.8 Å². The molecule has 3 aliphatic rings. The molecular weight excluding hydrogens is 426 g/mol. The summed E-state index contributed by atoms with van der Waals surface area (Å²) in [6.07, 6.45) is 6.98. The number of ether oxygens (including phenoxy) is 2. The van der Waals surface area contributed by atoms with Crippen molar-refractivity contribution in [3.05, 3.63) is 0 Å². The molecule has 0 radical (unpaired) electrons. The Morgan fingerprint density at radius 3 is 2.48 bits per heavy atom. The molecule has 0 aromatic carbocycles. The summed E-state index contributed by atoms with van der Waals surface area (Å²) in [6, 6.07) is -1.66. The van der Waals surface area contributed by atoms with Gasteiger partial charge in [-0.25, -0.2) is 9.59 Å². The minimum absolute atomic E-state index is 0.0961. The summed E-state index contributed by atoms with van der Waals surface area (Å²) in [5.74, 6) is -1.45. The van der Waals surface area contributed by atoms with Crippen molar-refractivity contribution in [3.8, 4) is 0 Å². The number of hydrogen-bond acceptors (Lipinski definition) is 6. The molecule has 9 heteroatoms. The highest BCUT2D eigenvalue weighted by Crippen LogP contribution is 2.46. The molecule has 3 fully saturated rings. The molecule has 2 heterocycles. The molecule has 0 aromatic heterocycles. The molecule has 0 unspecified atom stereocenters. The Kier molecular flexibility index (Phi) is 7.90. The van der Waals surface area contributed by atoms with E-state index in [1.165, 1.54) is 18.4 Å². The van der Waals surface area contributed by atoms with Crippen molar-refractivity contribution in [2.75, 3.05) is 20.2 Å². The lowest BCUT2D eigenvalue weighted by Crippen LogP contribution is -2.53. The first-order valence-electron chi connectivity index (χ1n) is 12.2. The fraction of sp³-hybridized carbons (Fsp3) is 0.833. The second-order valence-electron chi connectivity index (χ2n) is 10.8. The van der Waals surface area contributed by atoms with Crippen LogP contribution in [0.2, 0.25) is 0 Å². The van der Waals surface area contributed by atoms with Gasteiger partial charge in [0.25, 0.3) is 0 Å². The zero-order valence-electron chi connectivity index (χ0n) is 20.4. The van der Waals surface area contributed by atoms with Crippen LogP contribution >= 0.6 is 0 Å². The highest BCUT2D eigenvalue weighted by atomic mass is 16.6. The fourth-order valence-electron chi connectivity index (χ4n) is 5.44. The molecular formula is C24H39N3O6. The van der Waals surface area contributed by atoms with E-state index in [1.807, 2.05) is 0 Å². The molecule has 2 aliphatic heterocycles. The Labute approximate surface area is 196 Å². The van der Waals surface area contributed by atoms with Crippen molar-refractivity contribution in [3.63, 3.8) is 0 Å². The topological polar surface area (TPSA) is 114 Å². The lowest BCUT2D eigenvalue weighted by atomic mass is 9.72. The van der Waals surface area contributed by atoms with Gasteiger partial charge >= 0.3 is 12.1 Å². The third-order valence-corrected chi connectivity index (χ3v) is 7.08. The van der Waals surface area contributed by atoms with Gasteiger partial charge in [-0.3, -0.25) is 14.5 Å². The summed E-state index contributed by atoms with van der Waals surface area (Å²) in [5.41, 5.74) is -0.773. The summed E-state index contributed by atoms with van der Waals surface area (Å²) in [4.78, 5) is 52.7. The van der Waals surface area contributed by atoms with Gasteiger partial charge in [-0.2, -0.15) is 0 Å². The Balaban J connectivity index is 1.76. The molecule has 186 valence electrons. The number of amides is 3. The lowest BCUT2D eigenvalue weighted by Gasteiger charge is -2.33. The number of rotatable bonds is 5. The first kappa shape index (κ1) is 25.3. The largest absolute Gasteiger partial charge is 0.467 e. The number of esters is 1. The van der Waals surface area contributed by atoms with Crippen LogP contribution in [0.5, 0.6) is 0 Å². The maximum absolute atomic E-state index is 13.4. The summed E-state index contributed by atoms with van der Waals surface area (Å²) in [5, 5.41) is 5.62. The quantitative estimate of drug-likeness (QED) is 0.603. The average molecular weight is 466 g/mol. The van der Waals surface area contributed by atoms with Crippen molar-refractivity contribution >= 4 is 23.9 Å². The number of piperidine rings is 1. The average Bonchev–Trinajstić information content (AvgIpc) is 3.12. The third kappa shape index (κ3) is 6.38.